The highest BCUT2D eigenvalue weighted by molar-refractivity contribution is 7.98. The lowest BCUT2D eigenvalue weighted by Crippen LogP contribution is -2.30. The quantitative estimate of drug-likeness (QED) is 0.836. The summed E-state index contributed by atoms with van der Waals surface area (Å²) in [4.78, 5) is 28.9. The topological polar surface area (TPSA) is 70.5 Å². The maximum absolute atomic E-state index is 12.3. The van der Waals surface area contributed by atoms with Crippen molar-refractivity contribution in [2.24, 2.45) is 5.92 Å². The van der Waals surface area contributed by atoms with Crippen LogP contribution in [0.1, 0.15) is 16.8 Å². The molecule has 1 amide bonds. The highest BCUT2D eigenvalue weighted by Gasteiger charge is 2.32. The first-order valence-corrected chi connectivity index (χ1v) is 6.87. The van der Waals surface area contributed by atoms with Gasteiger partial charge in [0, 0.05) is 19.3 Å². The number of pyridine rings is 1. The number of amides is 1. The van der Waals surface area contributed by atoms with Crippen LogP contribution in [-0.2, 0) is 4.79 Å². The van der Waals surface area contributed by atoms with Crippen molar-refractivity contribution >= 4 is 23.6 Å². The van der Waals surface area contributed by atoms with E-state index in [1.165, 1.54) is 11.8 Å². The summed E-state index contributed by atoms with van der Waals surface area (Å²) in [6.45, 7) is 0.787. The third-order valence-electron chi connectivity index (χ3n) is 3.02. The van der Waals surface area contributed by atoms with E-state index in [4.69, 9.17) is 5.11 Å². The van der Waals surface area contributed by atoms with E-state index in [2.05, 4.69) is 4.98 Å². The lowest BCUT2D eigenvalue weighted by atomic mass is 10.1. The molecule has 1 unspecified atom stereocenters. The van der Waals surface area contributed by atoms with Crippen molar-refractivity contribution in [3.8, 4) is 0 Å². The summed E-state index contributed by atoms with van der Waals surface area (Å²) in [6.07, 6.45) is 4.03. The van der Waals surface area contributed by atoms with Gasteiger partial charge in [0.05, 0.1) is 11.5 Å². The molecule has 0 bridgehead atoms. The third-order valence-corrected chi connectivity index (χ3v) is 3.73. The second kappa shape index (κ2) is 5.39. The second-order valence-electron chi connectivity index (χ2n) is 4.14. The summed E-state index contributed by atoms with van der Waals surface area (Å²) in [5, 5.41) is 9.61. The van der Waals surface area contributed by atoms with Gasteiger partial charge in [-0.15, -0.1) is 11.8 Å². The number of nitrogens with zero attached hydrogens (tertiary/aromatic N) is 2. The van der Waals surface area contributed by atoms with Gasteiger partial charge >= 0.3 is 5.97 Å². The number of carboxylic acid groups (broad SMARTS) is 1. The number of carboxylic acids is 1. The summed E-state index contributed by atoms with van der Waals surface area (Å²) >= 11 is 1.41. The first kappa shape index (κ1) is 12.9. The van der Waals surface area contributed by atoms with Crippen molar-refractivity contribution in [3.05, 3.63) is 23.9 Å². The van der Waals surface area contributed by atoms with Crippen LogP contribution in [0.5, 0.6) is 0 Å². The van der Waals surface area contributed by atoms with Crippen molar-refractivity contribution in [3.63, 3.8) is 0 Å². The van der Waals surface area contributed by atoms with Crippen molar-refractivity contribution in [1.82, 2.24) is 9.88 Å². The van der Waals surface area contributed by atoms with Crippen molar-refractivity contribution in [2.75, 3.05) is 19.3 Å². The van der Waals surface area contributed by atoms with Gasteiger partial charge in [-0.1, -0.05) is 0 Å². The van der Waals surface area contributed by atoms with E-state index >= 15 is 0 Å². The molecule has 1 N–H and O–H groups in total. The molecule has 18 heavy (non-hydrogen) atoms. The molecular formula is C12H14N2O3S. The van der Waals surface area contributed by atoms with Gasteiger partial charge < -0.3 is 10.0 Å². The zero-order valence-corrected chi connectivity index (χ0v) is 10.8. The minimum absolute atomic E-state index is 0.129. The smallest absolute Gasteiger partial charge is 0.308 e. The van der Waals surface area contributed by atoms with Gasteiger partial charge in [0.2, 0.25) is 0 Å². The van der Waals surface area contributed by atoms with E-state index < -0.39 is 11.9 Å². The fourth-order valence-corrected chi connectivity index (χ4v) is 2.57. The van der Waals surface area contributed by atoms with Crippen molar-refractivity contribution in [1.29, 1.82) is 0 Å². The lowest BCUT2D eigenvalue weighted by Gasteiger charge is -2.16. The summed E-state index contributed by atoms with van der Waals surface area (Å²) in [5.41, 5.74) is 0.552. The van der Waals surface area contributed by atoms with Crippen LogP contribution in [-0.4, -0.2) is 46.2 Å². The maximum Gasteiger partial charge on any atom is 0.308 e. The molecule has 2 heterocycles. The van der Waals surface area contributed by atoms with Gasteiger partial charge in [-0.2, -0.15) is 0 Å². The van der Waals surface area contributed by atoms with Crippen LogP contribution in [0.2, 0.25) is 0 Å². The van der Waals surface area contributed by atoms with Crippen LogP contribution in [0.3, 0.4) is 0 Å². The molecule has 1 aliphatic rings. The zero-order valence-electron chi connectivity index (χ0n) is 10.00. The van der Waals surface area contributed by atoms with Crippen molar-refractivity contribution in [2.45, 2.75) is 11.4 Å². The van der Waals surface area contributed by atoms with E-state index in [-0.39, 0.29) is 12.5 Å². The molecule has 0 aromatic carbocycles. The van der Waals surface area contributed by atoms with Gasteiger partial charge in [0.15, 0.2) is 0 Å². The molecule has 0 saturated carbocycles. The molecule has 96 valence electrons. The Labute approximate surface area is 109 Å². The van der Waals surface area contributed by atoms with Gasteiger partial charge in [0.1, 0.15) is 5.03 Å². The Bertz CT molecular complexity index is 478. The minimum Gasteiger partial charge on any atom is -0.481 e. The summed E-state index contributed by atoms with van der Waals surface area (Å²) in [7, 11) is 0. The molecule has 1 aromatic rings. The number of carbonyl (C=O) groups is 2. The number of carbonyl (C=O) groups excluding carboxylic acids is 1. The molecule has 0 radical (unpaired) electrons. The molecule has 0 spiro atoms. The average Bonchev–Trinajstić information content (AvgIpc) is 2.87. The van der Waals surface area contributed by atoms with Crippen LogP contribution >= 0.6 is 11.8 Å². The third kappa shape index (κ3) is 2.48. The van der Waals surface area contributed by atoms with E-state index in [0.29, 0.717) is 23.6 Å². The van der Waals surface area contributed by atoms with Crippen LogP contribution < -0.4 is 0 Å². The monoisotopic (exact) mass is 266 g/mol. The Hall–Kier alpha value is -1.56. The first-order valence-electron chi connectivity index (χ1n) is 5.64. The van der Waals surface area contributed by atoms with Gasteiger partial charge in [-0.25, -0.2) is 4.98 Å². The predicted octanol–water partition coefficient (Wildman–Crippen LogP) is 1.35. The zero-order chi connectivity index (χ0) is 13.1. The summed E-state index contributed by atoms with van der Waals surface area (Å²) in [5.74, 6) is -1.40. The standard InChI is InChI=1S/C12H14N2O3S/c1-18-10-9(3-2-5-13-10)11(15)14-6-4-8(7-14)12(16)17/h2-3,5,8H,4,6-7H2,1H3,(H,16,17). The van der Waals surface area contributed by atoms with Crippen LogP contribution in [0.25, 0.3) is 0 Å². The largest absolute Gasteiger partial charge is 0.481 e. The minimum atomic E-state index is -0.832. The van der Waals surface area contributed by atoms with E-state index in [0.717, 1.165) is 0 Å². The molecular weight excluding hydrogens is 252 g/mol. The highest BCUT2D eigenvalue weighted by atomic mass is 32.2. The molecule has 5 nitrogen and oxygen atoms in total. The number of aliphatic carboxylic acids is 1. The summed E-state index contributed by atoms with van der Waals surface area (Å²) in [6, 6.07) is 3.45. The number of rotatable bonds is 3. The number of thioether (sulfide) groups is 1. The number of likely N-dealkylation sites (tertiary alicyclic amines) is 1. The van der Waals surface area contributed by atoms with Gasteiger partial charge in [-0.05, 0) is 24.8 Å². The number of hydrogen-bond acceptors (Lipinski definition) is 4. The molecule has 6 heteroatoms. The molecule has 2 rings (SSSR count). The van der Waals surface area contributed by atoms with Crippen LogP contribution in [0.4, 0.5) is 0 Å². The molecule has 1 aromatic heterocycles. The van der Waals surface area contributed by atoms with Gasteiger partial charge in [-0.3, -0.25) is 9.59 Å². The van der Waals surface area contributed by atoms with Crippen molar-refractivity contribution < 1.29 is 14.7 Å². The maximum atomic E-state index is 12.3. The van der Waals surface area contributed by atoms with E-state index in [9.17, 15) is 9.59 Å². The molecule has 1 atom stereocenters. The van der Waals surface area contributed by atoms with Crippen LogP contribution in [0, 0.1) is 5.92 Å². The Morgan fingerprint density at radius 2 is 2.33 bits per heavy atom. The molecule has 1 saturated heterocycles. The van der Waals surface area contributed by atoms with Gasteiger partial charge in [0.25, 0.3) is 5.91 Å². The number of aromatic nitrogens is 1. The van der Waals surface area contributed by atoms with E-state index in [1.54, 1.807) is 23.2 Å². The highest BCUT2D eigenvalue weighted by Crippen LogP contribution is 2.23. The number of hydrogen-bond donors (Lipinski definition) is 1. The fraction of sp³-hybridized carbons (Fsp3) is 0.417. The second-order valence-corrected chi connectivity index (χ2v) is 4.93. The average molecular weight is 266 g/mol. The molecule has 1 fully saturated rings. The fourth-order valence-electron chi connectivity index (χ4n) is 2.03. The Balaban J connectivity index is 2.15. The SMILES string of the molecule is CSc1ncccc1C(=O)N1CCC(C(=O)O)C1. The Kier molecular flexibility index (Phi) is 3.86. The lowest BCUT2D eigenvalue weighted by molar-refractivity contribution is -0.141. The van der Waals surface area contributed by atoms with Crippen LogP contribution in [0.15, 0.2) is 23.4 Å². The van der Waals surface area contributed by atoms with E-state index in [1.807, 2.05) is 6.26 Å². The normalized spacial score (nSPS) is 18.9. The predicted molar refractivity (Wildman–Crippen MR) is 67.7 cm³/mol. The Morgan fingerprint density at radius 3 is 2.94 bits per heavy atom. The Morgan fingerprint density at radius 1 is 1.56 bits per heavy atom. The summed E-state index contributed by atoms with van der Waals surface area (Å²) < 4.78 is 0. The molecule has 1 aliphatic heterocycles. The first-order chi connectivity index (χ1) is 8.63. The molecule has 0 aliphatic carbocycles.